The Labute approximate surface area is 113 Å². The van der Waals surface area contributed by atoms with E-state index in [1.165, 1.54) is 11.3 Å². The summed E-state index contributed by atoms with van der Waals surface area (Å²) in [6, 6.07) is 0.468. The molecule has 18 heavy (non-hydrogen) atoms. The highest BCUT2D eigenvalue weighted by atomic mass is 15.2. The molecule has 0 spiro atoms. The van der Waals surface area contributed by atoms with E-state index < -0.39 is 0 Å². The van der Waals surface area contributed by atoms with Gasteiger partial charge in [-0.25, -0.2) is 0 Å². The van der Waals surface area contributed by atoms with E-state index in [1.807, 2.05) is 6.08 Å². The van der Waals surface area contributed by atoms with Crippen molar-refractivity contribution in [2.45, 2.75) is 40.2 Å². The average molecular weight is 245 g/mol. The molecule has 0 aliphatic carbocycles. The lowest BCUT2D eigenvalue weighted by atomic mass is 9.92. The lowest BCUT2D eigenvalue weighted by Gasteiger charge is -2.26. The number of rotatable bonds is 5. The molecule has 1 rings (SSSR count). The fourth-order valence-corrected chi connectivity index (χ4v) is 2.27. The van der Waals surface area contributed by atoms with E-state index in [4.69, 9.17) is 0 Å². The summed E-state index contributed by atoms with van der Waals surface area (Å²) in [6.07, 6.45) is 12.1. The van der Waals surface area contributed by atoms with Crippen molar-refractivity contribution in [2.75, 3.05) is 7.05 Å². The molecule has 0 aromatic carbocycles. The summed E-state index contributed by atoms with van der Waals surface area (Å²) >= 11 is 0. The van der Waals surface area contributed by atoms with Crippen LogP contribution in [0.3, 0.4) is 0 Å². The second kappa shape index (κ2) is 6.63. The van der Waals surface area contributed by atoms with Gasteiger partial charge in [-0.2, -0.15) is 0 Å². The Balaban J connectivity index is 2.91. The fraction of sp³-hybridized carbons (Fsp3) is 0.529. The molecule has 0 amide bonds. The first-order valence-corrected chi connectivity index (χ1v) is 6.91. The molecule has 100 valence electrons. The predicted octanol–water partition coefficient (Wildman–Crippen LogP) is 4.56. The van der Waals surface area contributed by atoms with Crippen LogP contribution in [0, 0.1) is 11.8 Å². The van der Waals surface area contributed by atoms with Crippen molar-refractivity contribution in [1.82, 2.24) is 4.90 Å². The summed E-state index contributed by atoms with van der Waals surface area (Å²) in [5.74, 6) is 1.29. The molecule has 2 atom stereocenters. The van der Waals surface area contributed by atoms with Crippen molar-refractivity contribution in [1.29, 1.82) is 0 Å². The molecule has 0 radical (unpaired) electrons. The number of nitrogens with zero attached hydrogens (tertiary/aromatic N) is 1. The zero-order valence-corrected chi connectivity index (χ0v) is 12.5. The summed E-state index contributed by atoms with van der Waals surface area (Å²) in [5.41, 5.74) is 2.67. The third kappa shape index (κ3) is 3.38. The van der Waals surface area contributed by atoms with Crippen LogP contribution in [0.5, 0.6) is 0 Å². The number of hydrogen-bond donors (Lipinski definition) is 0. The molecule has 1 nitrogen and oxygen atoms in total. The van der Waals surface area contributed by atoms with Gasteiger partial charge in [-0.05, 0) is 36.8 Å². The van der Waals surface area contributed by atoms with E-state index in [9.17, 15) is 0 Å². The molecule has 0 aromatic rings. The summed E-state index contributed by atoms with van der Waals surface area (Å²) in [6.45, 7) is 12.8. The Hall–Kier alpha value is -1.24. The maximum atomic E-state index is 3.87. The summed E-state index contributed by atoms with van der Waals surface area (Å²) in [5, 5.41) is 0. The van der Waals surface area contributed by atoms with Gasteiger partial charge in [0.2, 0.25) is 0 Å². The molecule has 1 heteroatoms. The van der Waals surface area contributed by atoms with Gasteiger partial charge in [-0.1, -0.05) is 51.7 Å². The molecule has 0 bridgehead atoms. The van der Waals surface area contributed by atoms with Gasteiger partial charge in [-0.15, -0.1) is 0 Å². The van der Waals surface area contributed by atoms with Crippen molar-refractivity contribution in [2.24, 2.45) is 11.8 Å². The van der Waals surface area contributed by atoms with E-state index in [0.29, 0.717) is 17.9 Å². The summed E-state index contributed by atoms with van der Waals surface area (Å²) in [7, 11) is 2.16. The minimum absolute atomic E-state index is 0.468. The van der Waals surface area contributed by atoms with Crippen molar-refractivity contribution < 1.29 is 0 Å². The summed E-state index contributed by atoms with van der Waals surface area (Å²) < 4.78 is 0. The van der Waals surface area contributed by atoms with Crippen molar-refractivity contribution in [3.05, 3.63) is 48.2 Å². The standard InChI is InChI=1S/C17H27N/c1-7-9-15(12-14(5)13(3)4)17-11-10-16(8-2)18(17)6/h7-10,12-14,17H,2,11H2,1,3-6H3/b9-7-,15-12+. The van der Waals surface area contributed by atoms with Crippen LogP contribution in [0.2, 0.25) is 0 Å². The molecule has 0 saturated heterocycles. The van der Waals surface area contributed by atoms with Gasteiger partial charge >= 0.3 is 0 Å². The van der Waals surface area contributed by atoms with Crippen molar-refractivity contribution in [3.8, 4) is 0 Å². The van der Waals surface area contributed by atoms with Crippen LogP contribution in [-0.2, 0) is 0 Å². The minimum atomic E-state index is 0.468. The van der Waals surface area contributed by atoms with Gasteiger partial charge in [0.25, 0.3) is 0 Å². The predicted molar refractivity (Wildman–Crippen MR) is 81.3 cm³/mol. The number of allylic oxidation sites excluding steroid dienone is 3. The molecule has 0 N–H and O–H groups in total. The molecular weight excluding hydrogens is 218 g/mol. The quantitative estimate of drug-likeness (QED) is 0.642. The Kier molecular flexibility index (Phi) is 5.46. The Morgan fingerprint density at radius 3 is 2.56 bits per heavy atom. The van der Waals surface area contributed by atoms with Crippen LogP contribution in [0.25, 0.3) is 0 Å². The topological polar surface area (TPSA) is 3.24 Å². The van der Waals surface area contributed by atoms with Gasteiger partial charge < -0.3 is 4.90 Å². The zero-order valence-electron chi connectivity index (χ0n) is 12.5. The van der Waals surface area contributed by atoms with Crippen molar-refractivity contribution in [3.63, 3.8) is 0 Å². The highest BCUT2D eigenvalue weighted by molar-refractivity contribution is 5.33. The maximum Gasteiger partial charge on any atom is 0.0571 e. The van der Waals surface area contributed by atoms with Crippen LogP contribution < -0.4 is 0 Å². The zero-order chi connectivity index (χ0) is 13.7. The van der Waals surface area contributed by atoms with E-state index >= 15 is 0 Å². The van der Waals surface area contributed by atoms with Gasteiger partial charge in [-0.3, -0.25) is 0 Å². The molecule has 0 fully saturated rings. The van der Waals surface area contributed by atoms with Gasteiger partial charge in [0, 0.05) is 12.7 Å². The van der Waals surface area contributed by atoms with Gasteiger partial charge in [0.15, 0.2) is 0 Å². The van der Waals surface area contributed by atoms with E-state index in [0.717, 1.165) is 6.42 Å². The Morgan fingerprint density at radius 1 is 1.44 bits per heavy atom. The molecule has 1 heterocycles. The number of hydrogen-bond acceptors (Lipinski definition) is 1. The normalized spacial score (nSPS) is 22.8. The largest absolute Gasteiger partial charge is 0.368 e. The van der Waals surface area contributed by atoms with Crippen LogP contribution in [0.4, 0.5) is 0 Å². The monoisotopic (exact) mass is 245 g/mol. The van der Waals surface area contributed by atoms with Gasteiger partial charge in [0.1, 0.15) is 0 Å². The SMILES string of the molecule is C=CC1=CCC(C(/C=C\C)=C/C(C)C(C)C)N1C. The molecular formula is C17H27N. The molecule has 1 aliphatic heterocycles. The van der Waals surface area contributed by atoms with Crippen LogP contribution >= 0.6 is 0 Å². The third-order valence-corrected chi connectivity index (χ3v) is 3.88. The molecule has 2 unspecified atom stereocenters. The first-order valence-electron chi connectivity index (χ1n) is 6.91. The van der Waals surface area contributed by atoms with E-state index in [1.54, 1.807) is 0 Å². The van der Waals surface area contributed by atoms with E-state index in [-0.39, 0.29) is 0 Å². The first-order chi connectivity index (χ1) is 8.51. The summed E-state index contributed by atoms with van der Waals surface area (Å²) in [4.78, 5) is 2.33. The third-order valence-electron chi connectivity index (χ3n) is 3.88. The first kappa shape index (κ1) is 14.8. The number of likely N-dealkylation sites (N-methyl/N-ethyl adjacent to an activating group) is 1. The average Bonchev–Trinajstić information content (AvgIpc) is 2.69. The van der Waals surface area contributed by atoms with Crippen LogP contribution in [0.15, 0.2) is 48.2 Å². The second-order valence-corrected chi connectivity index (χ2v) is 5.47. The van der Waals surface area contributed by atoms with E-state index in [2.05, 4.69) is 70.5 Å². The Morgan fingerprint density at radius 2 is 2.11 bits per heavy atom. The van der Waals surface area contributed by atoms with Crippen LogP contribution in [0.1, 0.15) is 34.1 Å². The molecule has 1 aliphatic rings. The Bertz CT molecular complexity index is 371. The second-order valence-electron chi connectivity index (χ2n) is 5.47. The highest BCUT2D eigenvalue weighted by Crippen LogP contribution is 2.28. The maximum absolute atomic E-state index is 3.87. The molecule has 0 aromatic heterocycles. The highest BCUT2D eigenvalue weighted by Gasteiger charge is 2.23. The molecule has 0 saturated carbocycles. The van der Waals surface area contributed by atoms with Crippen molar-refractivity contribution >= 4 is 0 Å². The lowest BCUT2D eigenvalue weighted by molar-refractivity contribution is 0.382. The smallest absolute Gasteiger partial charge is 0.0571 e. The minimum Gasteiger partial charge on any atom is -0.368 e. The van der Waals surface area contributed by atoms with Crippen LogP contribution in [-0.4, -0.2) is 18.0 Å². The van der Waals surface area contributed by atoms with Gasteiger partial charge in [0.05, 0.1) is 6.04 Å². The fourth-order valence-electron chi connectivity index (χ4n) is 2.27. The lowest BCUT2D eigenvalue weighted by Crippen LogP contribution is -2.27.